The molecule has 203 valence electrons. The van der Waals surface area contributed by atoms with Crippen molar-refractivity contribution in [1.82, 2.24) is 36.4 Å². The van der Waals surface area contributed by atoms with Gasteiger partial charge in [0.1, 0.15) is 0 Å². The Hall–Kier alpha value is -3.03. The van der Waals surface area contributed by atoms with Crippen LogP contribution in [0.25, 0.3) is 46.4 Å². The molecule has 5 heterocycles. The van der Waals surface area contributed by atoms with Crippen LogP contribution in [-0.4, -0.2) is 43.8 Å². The molecule has 39 heavy (non-hydrogen) atoms. The maximum absolute atomic E-state index is 5.01. The van der Waals surface area contributed by atoms with Crippen molar-refractivity contribution in [3.05, 3.63) is 71.3 Å². The van der Waals surface area contributed by atoms with Crippen LogP contribution < -0.4 is 22.3 Å². The summed E-state index contributed by atoms with van der Waals surface area (Å²) in [5.41, 5.74) is 15.8. The summed E-state index contributed by atoms with van der Waals surface area (Å²) in [5.74, 6) is 5.01. The van der Waals surface area contributed by atoms with Crippen molar-refractivity contribution in [2.75, 3.05) is 6.54 Å². The molecule has 2 aliphatic rings. The van der Waals surface area contributed by atoms with E-state index in [1.54, 1.807) is 0 Å². The van der Waals surface area contributed by atoms with E-state index in [1.807, 2.05) is 42.5 Å². The number of nitrogens with two attached hydrogens (primary N) is 1. The fourth-order valence-electron chi connectivity index (χ4n) is 4.40. The number of aromatic nitrogens is 4. The zero-order valence-corrected chi connectivity index (χ0v) is 24.0. The second-order valence-electron chi connectivity index (χ2n) is 9.58. The molecule has 9 heteroatoms. The average molecular weight is 540 g/mol. The van der Waals surface area contributed by atoms with Gasteiger partial charge in [-0.05, 0) is 79.3 Å². The Morgan fingerprint density at radius 2 is 1.05 bits per heavy atom. The van der Waals surface area contributed by atoms with Gasteiger partial charge in [0.2, 0.25) is 0 Å². The van der Waals surface area contributed by atoms with Crippen LogP contribution in [0, 0.1) is 0 Å². The number of hydrogen-bond acceptors (Lipinski definition) is 6. The fourth-order valence-corrected chi connectivity index (χ4v) is 4.40. The van der Waals surface area contributed by atoms with E-state index < -0.39 is 0 Å². The smallest absolute Gasteiger partial charge is 0.0659 e. The molecule has 0 aliphatic carbocycles. The predicted octanol–water partition coefficient (Wildman–Crippen LogP) is 5.87. The molecule has 0 atom stereocenters. The minimum Gasteiger partial charge on any atom is -0.355 e. The lowest BCUT2D eigenvalue weighted by Crippen LogP contribution is -2.47. The maximum atomic E-state index is 5.01. The van der Waals surface area contributed by atoms with Crippen LogP contribution in [0.15, 0.2) is 48.5 Å². The van der Waals surface area contributed by atoms with Gasteiger partial charge >= 0.3 is 0 Å². The third-order valence-corrected chi connectivity index (χ3v) is 6.36. The average Bonchev–Trinajstić information content (AvgIpc) is 3.72. The molecule has 7 N–H and O–H groups in total. The highest BCUT2D eigenvalue weighted by Crippen LogP contribution is 2.17. The largest absolute Gasteiger partial charge is 0.355 e. The minimum absolute atomic E-state index is 0. The first kappa shape index (κ1) is 30.5. The molecule has 8 nitrogen and oxygen atoms in total. The molecule has 0 fully saturated rings. The Morgan fingerprint density at radius 3 is 1.54 bits per heavy atom. The number of hydrazine groups is 3. The van der Waals surface area contributed by atoms with Crippen LogP contribution in [0.3, 0.4) is 0 Å². The van der Waals surface area contributed by atoms with E-state index in [1.165, 1.54) is 51.4 Å². The van der Waals surface area contributed by atoms with Gasteiger partial charge in [0.25, 0.3) is 0 Å². The Morgan fingerprint density at radius 1 is 0.615 bits per heavy atom. The highest BCUT2D eigenvalue weighted by Gasteiger charge is 2.02. The third-order valence-electron chi connectivity index (χ3n) is 6.36. The first-order valence-electron chi connectivity index (χ1n) is 13.7. The van der Waals surface area contributed by atoms with Gasteiger partial charge in [-0.15, -0.1) is 0 Å². The van der Waals surface area contributed by atoms with Crippen molar-refractivity contribution in [3.8, 4) is 0 Å². The number of aromatic amines is 2. The van der Waals surface area contributed by atoms with Crippen LogP contribution in [0.2, 0.25) is 0 Å². The van der Waals surface area contributed by atoms with E-state index >= 15 is 0 Å². The summed E-state index contributed by atoms with van der Waals surface area (Å²) < 4.78 is 0. The second-order valence-corrected chi connectivity index (χ2v) is 9.58. The molecular weight excluding hydrogens is 499 g/mol. The molecule has 8 bridgehead atoms. The van der Waals surface area contributed by atoms with Crippen molar-refractivity contribution < 1.29 is 0 Å². The predicted molar refractivity (Wildman–Crippen MR) is 166 cm³/mol. The van der Waals surface area contributed by atoms with Crippen molar-refractivity contribution in [3.63, 3.8) is 0 Å². The minimum atomic E-state index is 0. The summed E-state index contributed by atoms with van der Waals surface area (Å²) in [6.45, 7) is 3.23. The van der Waals surface area contributed by atoms with Crippen molar-refractivity contribution in [2.24, 2.45) is 5.84 Å². The van der Waals surface area contributed by atoms with E-state index in [0.717, 1.165) is 51.4 Å². The zero-order chi connectivity index (χ0) is 26.4. The van der Waals surface area contributed by atoms with E-state index in [4.69, 9.17) is 5.84 Å². The van der Waals surface area contributed by atoms with Gasteiger partial charge in [-0.3, -0.25) is 5.84 Å². The number of H-pyrrole nitrogens is 2. The number of rotatable bonds is 11. The monoisotopic (exact) mass is 539 g/mol. The molecule has 3 radical (unpaired) electrons. The molecule has 3 aromatic rings. The lowest BCUT2D eigenvalue weighted by molar-refractivity contribution is 0.431. The van der Waals surface area contributed by atoms with E-state index in [2.05, 4.69) is 73.7 Å². The van der Waals surface area contributed by atoms with E-state index in [-0.39, 0.29) is 17.4 Å². The van der Waals surface area contributed by atoms with E-state index in [9.17, 15) is 0 Å². The molecule has 0 amide bonds. The number of unbranched alkanes of at least 4 members (excludes halogenated alkanes) is 7. The lowest BCUT2D eigenvalue weighted by Gasteiger charge is -2.04. The number of nitrogens with one attached hydrogen (secondary N) is 5. The highest BCUT2D eigenvalue weighted by molar-refractivity contribution is 5.77. The fraction of sp³-hybridized carbons (Fsp3) is 0.333. The molecule has 2 aliphatic heterocycles. The Balaban J connectivity index is 0.000000245. The summed E-state index contributed by atoms with van der Waals surface area (Å²) >= 11 is 0. The summed E-state index contributed by atoms with van der Waals surface area (Å²) in [5, 5.41) is 0. The molecule has 3 aromatic heterocycles. The summed E-state index contributed by atoms with van der Waals surface area (Å²) in [7, 11) is 0. The first-order valence-corrected chi connectivity index (χ1v) is 13.7. The first-order chi connectivity index (χ1) is 18.7. The van der Waals surface area contributed by atoms with Gasteiger partial charge in [-0.25, -0.2) is 15.4 Å². The molecule has 0 unspecified atom stereocenters. The maximum Gasteiger partial charge on any atom is 0.0659 e. The normalized spacial score (nSPS) is 11.6. The molecule has 0 spiro atoms. The standard InChI is InChI=1S/C20H14N4.C10H26N4.Al/c1-2-14-10-16-5-6-18(23-16)12-20-8-7-19(24-20)11-17-4-3-15(22-17)9-13(1)21-14;1-2-3-4-5-6-7-8-9-10-12-14-13-11;/h1-12,21-22H;12-14H,2-11H2,1H3;. The lowest BCUT2D eigenvalue weighted by atomic mass is 10.1. The molecule has 0 aromatic carbocycles. The van der Waals surface area contributed by atoms with Crippen LogP contribution in [0.5, 0.6) is 0 Å². The van der Waals surface area contributed by atoms with Gasteiger partial charge in [0.15, 0.2) is 0 Å². The van der Waals surface area contributed by atoms with Gasteiger partial charge in [-0.1, -0.05) is 51.9 Å². The third kappa shape index (κ3) is 10.6. The topological polar surface area (TPSA) is 119 Å². The molecule has 0 saturated heterocycles. The number of hydrogen-bond donors (Lipinski definition) is 6. The van der Waals surface area contributed by atoms with Crippen molar-refractivity contribution >= 4 is 63.7 Å². The van der Waals surface area contributed by atoms with E-state index in [0.29, 0.717) is 0 Å². The van der Waals surface area contributed by atoms with Gasteiger partial charge in [0.05, 0.1) is 22.8 Å². The Labute approximate surface area is 241 Å². The molecule has 5 rings (SSSR count). The summed E-state index contributed by atoms with van der Waals surface area (Å²) in [4.78, 5) is 16.0. The molecule has 0 saturated carbocycles. The summed E-state index contributed by atoms with van der Waals surface area (Å²) in [6, 6.07) is 16.4. The van der Waals surface area contributed by atoms with Crippen LogP contribution >= 0.6 is 0 Å². The van der Waals surface area contributed by atoms with Gasteiger partial charge in [0, 0.05) is 46.0 Å². The van der Waals surface area contributed by atoms with Gasteiger partial charge in [-0.2, -0.15) is 11.1 Å². The number of fused-ring (bicyclic) bond motifs is 8. The van der Waals surface area contributed by atoms with Crippen molar-refractivity contribution in [2.45, 2.75) is 58.3 Å². The Kier molecular flexibility index (Phi) is 13.2. The Bertz CT molecular complexity index is 1270. The highest BCUT2D eigenvalue weighted by atomic mass is 27.0. The van der Waals surface area contributed by atoms with Crippen LogP contribution in [-0.2, 0) is 0 Å². The SMILES string of the molecule is C1=Cc2cc3ccc(cc4ccc(cc5nc(cc1n2)C=C5)[nH]4)[nH]3.CCCCCCCCCCNNNN.[Al]. The van der Waals surface area contributed by atoms with Crippen LogP contribution in [0.4, 0.5) is 0 Å². The summed E-state index contributed by atoms with van der Waals surface area (Å²) in [6.07, 6.45) is 18.9. The number of nitrogens with zero attached hydrogens (tertiary/aromatic N) is 2. The quantitative estimate of drug-likeness (QED) is 0.0540. The molecular formula is C30H40AlN8. The second kappa shape index (κ2) is 16.8. The van der Waals surface area contributed by atoms with Crippen molar-refractivity contribution in [1.29, 1.82) is 0 Å². The van der Waals surface area contributed by atoms with Crippen LogP contribution in [0.1, 0.15) is 81.1 Å². The van der Waals surface area contributed by atoms with Gasteiger partial charge < -0.3 is 9.97 Å². The zero-order valence-electron chi connectivity index (χ0n) is 22.8.